The molecular formula is C16H14ClF4N3O3. The van der Waals surface area contributed by atoms with Gasteiger partial charge in [0.05, 0.1) is 15.9 Å². The quantitative estimate of drug-likeness (QED) is 0.792. The zero-order valence-electron chi connectivity index (χ0n) is 13.8. The smallest absolute Gasteiger partial charge is 0.345 e. The topological polar surface area (TPSA) is 65.6 Å². The van der Waals surface area contributed by atoms with E-state index < -0.39 is 41.7 Å². The van der Waals surface area contributed by atoms with E-state index in [9.17, 15) is 27.2 Å². The van der Waals surface area contributed by atoms with Gasteiger partial charge in [0, 0.05) is 26.2 Å². The Bertz CT molecular complexity index is 881. The average Bonchev–Trinajstić information content (AvgIpc) is 2.99. The van der Waals surface area contributed by atoms with Crippen LogP contribution in [-0.4, -0.2) is 66.0 Å². The van der Waals surface area contributed by atoms with Crippen LogP contribution in [0.2, 0.25) is 5.02 Å². The van der Waals surface area contributed by atoms with E-state index in [1.54, 1.807) is 0 Å². The SMILES string of the molecule is O=C(COC(F)F)N1CCN(C(=O)c2[nH]c3ccc(F)c(Cl)c3c2F)CC1. The molecule has 0 atom stereocenters. The highest BCUT2D eigenvalue weighted by molar-refractivity contribution is 6.35. The molecule has 1 N–H and O–H groups in total. The molecule has 27 heavy (non-hydrogen) atoms. The summed E-state index contributed by atoms with van der Waals surface area (Å²) in [5.74, 6) is -3.06. The van der Waals surface area contributed by atoms with Crippen molar-refractivity contribution in [1.29, 1.82) is 0 Å². The van der Waals surface area contributed by atoms with Crippen molar-refractivity contribution in [1.82, 2.24) is 14.8 Å². The monoisotopic (exact) mass is 407 g/mol. The number of carbonyl (C=O) groups excluding carboxylic acids is 2. The molecule has 146 valence electrons. The molecule has 0 saturated carbocycles. The number of aromatic amines is 1. The number of hydrogen-bond donors (Lipinski definition) is 1. The van der Waals surface area contributed by atoms with Crippen LogP contribution in [0.4, 0.5) is 17.6 Å². The lowest BCUT2D eigenvalue weighted by Crippen LogP contribution is -2.51. The Hall–Kier alpha value is -2.33. The van der Waals surface area contributed by atoms with E-state index in [1.165, 1.54) is 15.9 Å². The number of halogens is 5. The maximum absolute atomic E-state index is 14.6. The van der Waals surface area contributed by atoms with Gasteiger partial charge < -0.3 is 19.5 Å². The number of alkyl halides is 2. The molecule has 2 amide bonds. The second-order valence-corrected chi connectivity index (χ2v) is 6.22. The van der Waals surface area contributed by atoms with E-state index in [1.807, 2.05) is 0 Å². The molecule has 1 saturated heterocycles. The Kier molecular flexibility index (Phi) is 5.56. The number of nitrogens with zero attached hydrogens (tertiary/aromatic N) is 2. The van der Waals surface area contributed by atoms with Crippen LogP contribution in [0.3, 0.4) is 0 Å². The minimum atomic E-state index is -3.04. The molecule has 0 spiro atoms. The third kappa shape index (κ3) is 3.86. The lowest BCUT2D eigenvalue weighted by molar-refractivity contribution is -0.160. The maximum Gasteiger partial charge on any atom is 0.345 e. The number of fused-ring (bicyclic) bond motifs is 1. The summed E-state index contributed by atoms with van der Waals surface area (Å²) < 4.78 is 56.0. The van der Waals surface area contributed by atoms with E-state index in [0.29, 0.717) is 0 Å². The van der Waals surface area contributed by atoms with Crippen LogP contribution in [0.15, 0.2) is 12.1 Å². The highest BCUT2D eigenvalue weighted by Crippen LogP contribution is 2.31. The van der Waals surface area contributed by atoms with Crippen LogP contribution in [0, 0.1) is 11.6 Å². The first-order valence-electron chi connectivity index (χ1n) is 7.91. The third-order valence-corrected chi connectivity index (χ3v) is 4.63. The number of rotatable bonds is 4. The molecular weight excluding hydrogens is 394 g/mol. The van der Waals surface area contributed by atoms with Gasteiger partial charge in [0.2, 0.25) is 5.91 Å². The Morgan fingerprint density at radius 3 is 2.41 bits per heavy atom. The number of H-pyrrole nitrogens is 1. The van der Waals surface area contributed by atoms with Crippen molar-refractivity contribution in [2.24, 2.45) is 0 Å². The average molecular weight is 408 g/mol. The lowest BCUT2D eigenvalue weighted by Gasteiger charge is -2.34. The predicted octanol–water partition coefficient (Wildman–Crippen LogP) is 2.62. The molecule has 2 heterocycles. The molecule has 11 heteroatoms. The summed E-state index contributed by atoms with van der Waals surface area (Å²) in [6.45, 7) is -3.46. The minimum Gasteiger partial charge on any atom is -0.348 e. The number of piperazine rings is 1. The van der Waals surface area contributed by atoms with Crippen molar-refractivity contribution in [3.8, 4) is 0 Å². The van der Waals surface area contributed by atoms with Crippen molar-refractivity contribution in [2.45, 2.75) is 6.61 Å². The Balaban J connectivity index is 1.70. The summed E-state index contributed by atoms with van der Waals surface area (Å²) in [6.07, 6.45) is 0. The van der Waals surface area contributed by atoms with Gasteiger partial charge in [-0.3, -0.25) is 9.59 Å². The van der Waals surface area contributed by atoms with Gasteiger partial charge in [-0.25, -0.2) is 8.78 Å². The zero-order valence-corrected chi connectivity index (χ0v) is 14.5. The van der Waals surface area contributed by atoms with Gasteiger partial charge in [-0.05, 0) is 12.1 Å². The molecule has 3 rings (SSSR count). The highest BCUT2D eigenvalue weighted by atomic mass is 35.5. The maximum atomic E-state index is 14.6. The molecule has 0 bridgehead atoms. The van der Waals surface area contributed by atoms with Crippen LogP contribution in [0.25, 0.3) is 10.9 Å². The number of aromatic nitrogens is 1. The van der Waals surface area contributed by atoms with Crippen molar-refractivity contribution in [3.63, 3.8) is 0 Å². The fourth-order valence-electron chi connectivity index (χ4n) is 2.87. The molecule has 6 nitrogen and oxygen atoms in total. The van der Waals surface area contributed by atoms with E-state index in [0.717, 1.165) is 6.07 Å². The molecule has 2 aromatic rings. The summed E-state index contributed by atoms with van der Waals surface area (Å²) in [6, 6.07) is 2.33. The summed E-state index contributed by atoms with van der Waals surface area (Å²) in [7, 11) is 0. The van der Waals surface area contributed by atoms with E-state index >= 15 is 0 Å². The van der Waals surface area contributed by atoms with Crippen molar-refractivity contribution >= 4 is 34.3 Å². The number of amides is 2. The van der Waals surface area contributed by atoms with Crippen LogP contribution < -0.4 is 0 Å². The molecule has 1 aliphatic heterocycles. The zero-order chi connectivity index (χ0) is 19.7. The van der Waals surface area contributed by atoms with Crippen LogP contribution in [0.5, 0.6) is 0 Å². The summed E-state index contributed by atoms with van der Waals surface area (Å²) in [5.41, 5.74) is -0.182. The van der Waals surface area contributed by atoms with E-state index in [2.05, 4.69) is 9.72 Å². The fraction of sp³-hybridized carbons (Fsp3) is 0.375. The highest BCUT2D eigenvalue weighted by Gasteiger charge is 2.29. The van der Waals surface area contributed by atoms with Gasteiger partial charge in [0.1, 0.15) is 18.1 Å². The summed E-state index contributed by atoms with van der Waals surface area (Å²) in [4.78, 5) is 29.5. The first-order chi connectivity index (χ1) is 12.8. The molecule has 1 aliphatic rings. The Morgan fingerprint density at radius 2 is 1.78 bits per heavy atom. The number of hydrogen-bond acceptors (Lipinski definition) is 3. The van der Waals surface area contributed by atoms with Crippen molar-refractivity contribution in [3.05, 3.63) is 34.5 Å². The first kappa shape index (κ1) is 19.4. The first-order valence-corrected chi connectivity index (χ1v) is 8.29. The number of carbonyl (C=O) groups is 2. The van der Waals surface area contributed by atoms with Gasteiger partial charge in [0.25, 0.3) is 5.91 Å². The third-order valence-electron chi connectivity index (χ3n) is 4.26. The summed E-state index contributed by atoms with van der Waals surface area (Å²) in [5, 5.41) is -0.632. The van der Waals surface area contributed by atoms with Crippen molar-refractivity contribution in [2.75, 3.05) is 32.8 Å². The molecule has 0 unspecified atom stereocenters. The molecule has 1 aromatic heterocycles. The second-order valence-electron chi connectivity index (χ2n) is 5.84. The van der Waals surface area contributed by atoms with Gasteiger partial charge in [-0.1, -0.05) is 11.6 Å². The van der Waals surface area contributed by atoms with Gasteiger partial charge in [-0.2, -0.15) is 8.78 Å². The minimum absolute atomic E-state index is 0.0795. The predicted molar refractivity (Wildman–Crippen MR) is 87.7 cm³/mol. The Labute approximate surface area is 155 Å². The number of nitrogens with one attached hydrogen (secondary N) is 1. The fourth-order valence-corrected chi connectivity index (χ4v) is 3.12. The molecule has 1 aromatic carbocycles. The van der Waals surface area contributed by atoms with E-state index in [-0.39, 0.29) is 42.8 Å². The van der Waals surface area contributed by atoms with Crippen LogP contribution in [0.1, 0.15) is 10.5 Å². The van der Waals surface area contributed by atoms with E-state index in [4.69, 9.17) is 11.6 Å². The number of benzene rings is 1. The molecule has 0 radical (unpaired) electrons. The van der Waals surface area contributed by atoms with Crippen LogP contribution >= 0.6 is 11.6 Å². The summed E-state index contributed by atoms with van der Waals surface area (Å²) >= 11 is 5.77. The van der Waals surface area contributed by atoms with Crippen molar-refractivity contribution < 1.29 is 31.9 Å². The lowest BCUT2D eigenvalue weighted by atomic mass is 10.2. The van der Waals surface area contributed by atoms with Gasteiger partial charge >= 0.3 is 6.61 Å². The molecule has 1 fully saturated rings. The Morgan fingerprint density at radius 1 is 1.15 bits per heavy atom. The van der Waals surface area contributed by atoms with Gasteiger partial charge in [-0.15, -0.1) is 0 Å². The molecule has 0 aliphatic carbocycles. The largest absolute Gasteiger partial charge is 0.348 e. The van der Waals surface area contributed by atoms with Gasteiger partial charge in [0.15, 0.2) is 5.82 Å². The van der Waals surface area contributed by atoms with Crippen LogP contribution in [-0.2, 0) is 9.53 Å². The standard InChI is InChI=1S/C16H14ClF4N3O3/c17-12-8(18)1-2-9-11(12)13(19)14(22-9)15(26)24-5-3-23(4-6-24)10(25)7-27-16(20)21/h1-2,16,22H,3-7H2. The second kappa shape index (κ2) is 7.73. The number of ether oxygens (including phenoxy) is 1. The normalized spacial score (nSPS) is 15.0.